The third-order valence-corrected chi connectivity index (χ3v) is 2.98. The summed E-state index contributed by atoms with van der Waals surface area (Å²) in [6, 6.07) is 0. The highest BCUT2D eigenvalue weighted by Crippen LogP contribution is 2.54. The first-order valence-corrected chi connectivity index (χ1v) is 5.80. The van der Waals surface area contributed by atoms with Gasteiger partial charge in [0.2, 0.25) is 0 Å². The second-order valence-electron chi connectivity index (χ2n) is 2.15. The second kappa shape index (κ2) is 4.54. The zero-order valence-corrected chi connectivity index (χ0v) is 8.19. The minimum absolute atomic E-state index is 0.301. The average Bonchev–Trinajstić information content (AvgIpc) is 1.82. The van der Waals surface area contributed by atoms with Gasteiger partial charge in [-0.25, -0.2) is 0 Å². The first-order chi connectivity index (χ1) is 5.73. The van der Waals surface area contributed by atoms with Crippen molar-refractivity contribution in [1.29, 1.82) is 0 Å². The molecule has 0 aromatic carbocycles. The van der Waals surface area contributed by atoms with E-state index in [1.165, 1.54) is 0 Å². The van der Waals surface area contributed by atoms with E-state index in [1.54, 1.807) is 0 Å². The molecule has 8 nitrogen and oxygen atoms in total. The van der Waals surface area contributed by atoms with Crippen molar-refractivity contribution in [1.82, 2.24) is 0 Å². The highest BCUT2D eigenvalue weighted by Gasteiger charge is 2.53. The predicted octanol–water partition coefficient (Wildman–Crippen LogP) is -1.17. The van der Waals surface area contributed by atoms with Gasteiger partial charge in [-0.2, -0.15) is 0 Å². The Bertz CT molecular complexity index is 238. The van der Waals surface area contributed by atoms with Gasteiger partial charge in [-0.1, -0.05) is 4.52 Å². The summed E-state index contributed by atoms with van der Waals surface area (Å²) >= 11 is 0. The maximum absolute atomic E-state index is 10.6. The van der Waals surface area contributed by atoms with E-state index in [1.807, 2.05) is 0 Å². The maximum Gasteiger partial charge on any atom is 0.698 e. The SMILES string of the molecule is NCC[C@@](O)(O[P+](=O)O)P(=O)(O)O. The van der Waals surface area contributed by atoms with Gasteiger partial charge in [-0.05, 0) is 6.54 Å². The predicted molar refractivity (Wildman–Crippen MR) is 41.6 cm³/mol. The summed E-state index contributed by atoms with van der Waals surface area (Å²) in [5, 5.41) is 9.11. The van der Waals surface area contributed by atoms with Crippen LogP contribution in [0.4, 0.5) is 0 Å². The van der Waals surface area contributed by atoms with E-state index in [9.17, 15) is 9.13 Å². The van der Waals surface area contributed by atoms with Crippen LogP contribution in [0.1, 0.15) is 6.42 Å². The molecule has 0 aliphatic heterocycles. The first-order valence-electron chi connectivity index (χ1n) is 3.06. The fourth-order valence-electron chi connectivity index (χ4n) is 0.558. The minimum atomic E-state index is -5.05. The van der Waals surface area contributed by atoms with Gasteiger partial charge in [-0.3, -0.25) is 4.57 Å². The summed E-state index contributed by atoms with van der Waals surface area (Å²) in [5.41, 5.74) is 1.95. The van der Waals surface area contributed by atoms with E-state index >= 15 is 0 Å². The van der Waals surface area contributed by atoms with Crippen LogP contribution in [0.25, 0.3) is 0 Å². The van der Waals surface area contributed by atoms with Crippen LogP contribution in [0.3, 0.4) is 0 Å². The van der Waals surface area contributed by atoms with Crippen LogP contribution in [-0.2, 0) is 13.7 Å². The van der Waals surface area contributed by atoms with E-state index in [0.717, 1.165) is 0 Å². The van der Waals surface area contributed by atoms with Crippen LogP contribution >= 0.6 is 15.9 Å². The molecule has 0 heterocycles. The minimum Gasteiger partial charge on any atom is -0.353 e. The molecule has 0 bridgehead atoms. The summed E-state index contributed by atoms with van der Waals surface area (Å²) in [7, 11) is -8.36. The largest absolute Gasteiger partial charge is 0.698 e. The van der Waals surface area contributed by atoms with Crippen molar-refractivity contribution in [2.45, 2.75) is 11.9 Å². The lowest BCUT2D eigenvalue weighted by Gasteiger charge is -2.20. The van der Waals surface area contributed by atoms with Crippen LogP contribution in [0, 0.1) is 0 Å². The Morgan fingerprint density at radius 1 is 1.54 bits per heavy atom. The molecular formula is C3H10NO7P2+. The summed E-state index contributed by atoms with van der Waals surface area (Å²) in [6.45, 7) is -0.301. The first kappa shape index (κ1) is 13.1. The summed E-state index contributed by atoms with van der Waals surface area (Å²) < 4.78 is 24.5. The molecule has 0 spiro atoms. The third kappa shape index (κ3) is 3.76. The van der Waals surface area contributed by atoms with E-state index in [2.05, 4.69) is 4.52 Å². The number of hydrogen-bond donors (Lipinski definition) is 5. The third-order valence-electron chi connectivity index (χ3n) is 1.15. The lowest BCUT2D eigenvalue weighted by atomic mass is 10.4. The van der Waals surface area contributed by atoms with Gasteiger partial charge in [0.15, 0.2) is 0 Å². The Morgan fingerprint density at radius 3 is 2.23 bits per heavy atom. The second-order valence-corrected chi connectivity index (χ2v) is 4.60. The van der Waals surface area contributed by atoms with Gasteiger partial charge >= 0.3 is 21.4 Å². The highest BCUT2D eigenvalue weighted by atomic mass is 31.2. The Morgan fingerprint density at radius 2 is 2.00 bits per heavy atom. The van der Waals surface area contributed by atoms with Crippen molar-refractivity contribution in [3.05, 3.63) is 0 Å². The zero-order valence-electron chi connectivity index (χ0n) is 6.40. The Balaban J connectivity index is 4.73. The van der Waals surface area contributed by atoms with Crippen molar-refractivity contribution in [3.8, 4) is 0 Å². The molecular weight excluding hydrogens is 224 g/mol. The lowest BCUT2D eigenvalue weighted by Crippen LogP contribution is -2.32. The van der Waals surface area contributed by atoms with E-state index in [4.69, 9.17) is 25.5 Å². The van der Waals surface area contributed by atoms with Crippen LogP contribution in [0.5, 0.6) is 0 Å². The molecule has 0 rings (SSSR count). The fraction of sp³-hybridized carbons (Fsp3) is 1.00. The quantitative estimate of drug-likeness (QED) is 0.294. The number of rotatable bonds is 5. The normalized spacial score (nSPS) is 18.1. The van der Waals surface area contributed by atoms with Crippen molar-refractivity contribution in [2.24, 2.45) is 5.73 Å². The highest BCUT2D eigenvalue weighted by molar-refractivity contribution is 7.53. The molecule has 0 fully saturated rings. The smallest absolute Gasteiger partial charge is 0.353 e. The summed E-state index contributed by atoms with van der Waals surface area (Å²) in [6.07, 6.45) is -0.640. The van der Waals surface area contributed by atoms with Gasteiger partial charge in [0.05, 0.1) is 0 Å². The molecule has 0 aromatic heterocycles. The van der Waals surface area contributed by atoms with Gasteiger partial charge in [0.25, 0.3) is 0 Å². The fourth-order valence-corrected chi connectivity index (χ4v) is 1.95. The van der Waals surface area contributed by atoms with Crippen molar-refractivity contribution < 1.29 is 33.4 Å². The van der Waals surface area contributed by atoms with Crippen LogP contribution in [0.2, 0.25) is 0 Å². The standard InChI is InChI=1S/C3H9NO7P2/c4-2-1-3(5,11-12(6)7)13(8,9)10/h5H,1-2,4H2,(H2-,6,7,8,9,10)/p+1/t3-/m1/s1. The summed E-state index contributed by atoms with van der Waals surface area (Å²) in [5.74, 6) is 0. The molecule has 0 amide bonds. The molecule has 78 valence electrons. The van der Waals surface area contributed by atoms with Gasteiger partial charge in [0, 0.05) is 11.0 Å². The van der Waals surface area contributed by atoms with Gasteiger partial charge < -0.3 is 20.6 Å². The molecule has 10 heteroatoms. The maximum atomic E-state index is 10.6. The Labute approximate surface area is 74.4 Å². The molecule has 6 N–H and O–H groups in total. The molecule has 0 radical (unpaired) electrons. The van der Waals surface area contributed by atoms with E-state index in [-0.39, 0.29) is 6.54 Å². The van der Waals surface area contributed by atoms with Gasteiger partial charge in [-0.15, -0.1) is 4.89 Å². The Hall–Kier alpha value is 0.0900. The monoisotopic (exact) mass is 234 g/mol. The van der Waals surface area contributed by atoms with Crippen molar-refractivity contribution >= 4 is 15.9 Å². The molecule has 0 aliphatic carbocycles. The molecule has 0 saturated carbocycles. The topological polar surface area (TPSA) is 150 Å². The molecule has 0 aromatic rings. The molecule has 0 aliphatic rings. The van der Waals surface area contributed by atoms with Crippen molar-refractivity contribution in [3.63, 3.8) is 0 Å². The average molecular weight is 234 g/mol. The lowest BCUT2D eigenvalue weighted by molar-refractivity contribution is -0.0854. The molecule has 0 saturated heterocycles. The van der Waals surface area contributed by atoms with Gasteiger partial charge in [0.1, 0.15) is 0 Å². The van der Waals surface area contributed by atoms with Crippen LogP contribution in [-0.4, -0.2) is 31.9 Å². The van der Waals surface area contributed by atoms with E-state index < -0.39 is 27.8 Å². The number of nitrogens with two attached hydrogens (primary N) is 1. The van der Waals surface area contributed by atoms with E-state index in [0.29, 0.717) is 0 Å². The number of aliphatic hydroxyl groups is 1. The molecule has 1 unspecified atom stereocenters. The van der Waals surface area contributed by atoms with Crippen LogP contribution < -0.4 is 5.73 Å². The number of hydrogen-bond acceptors (Lipinski definition) is 5. The van der Waals surface area contributed by atoms with Crippen molar-refractivity contribution in [2.75, 3.05) is 6.54 Å². The van der Waals surface area contributed by atoms with Crippen LogP contribution in [0.15, 0.2) is 0 Å². The zero-order chi connectivity index (χ0) is 10.7. The molecule has 13 heavy (non-hydrogen) atoms. The molecule has 2 atom stereocenters. The Kier molecular flexibility index (Phi) is 4.58. The summed E-state index contributed by atoms with van der Waals surface area (Å²) in [4.78, 5) is 25.3.